The first-order valence-electron chi connectivity index (χ1n) is 7.68. The highest BCUT2D eigenvalue weighted by Gasteiger charge is 2.17. The Kier molecular flexibility index (Phi) is 6.32. The number of hydrogen-bond donors (Lipinski definition) is 2. The van der Waals surface area contributed by atoms with E-state index < -0.39 is 5.97 Å². The second-order valence-corrected chi connectivity index (χ2v) is 4.91. The topological polar surface area (TPSA) is 100 Å². The molecular weight excluding hydrogens is 316 g/mol. The summed E-state index contributed by atoms with van der Waals surface area (Å²) in [5, 5.41) is 12.4. The number of aliphatic imine (C=N–C) groups is 1. The molecule has 2 aromatic rings. The van der Waals surface area contributed by atoms with Gasteiger partial charge in [-0.15, -0.1) is 0 Å². The van der Waals surface area contributed by atoms with Gasteiger partial charge in [0.15, 0.2) is 11.4 Å². The largest absolute Gasteiger partial charge is 0.462 e. The zero-order valence-corrected chi connectivity index (χ0v) is 13.8. The van der Waals surface area contributed by atoms with Gasteiger partial charge in [-0.1, -0.05) is 48.5 Å². The molecule has 6 nitrogen and oxygen atoms in total. The number of esters is 1. The fraction of sp³-hybridized carbons (Fsp3) is 0.105. The highest BCUT2D eigenvalue weighted by Crippen LogP contribution is 2.15. The van der Waals surface area contributed by atoms with Crippen LogP contribution in [0.2, 0.25) is 0 Å². The number of amidine groups is 1. The molecule has 6 heteroatoms. The van der Waals surface area contributed by atoms with Crippen LogP contribution in [0.4, 0.5) is 5.69 Å². The molecule has 2 rings (SSSR count). The number of hydrogen-bond acceptors (Lipinski definition) is 5. The SMILES string of the molecule is CCOC(=O)C(C#N)=C(/N=C(\N)c1ccccc1)Nc1ccccc1. The molecule has 0 saturated carbocycles. The van der Waals surface area contributed by atoms with Crippen molar-refractivity contribution in [3.05, 3.63) is 77.6 Å². The smallest absolute Gasteiger partial charge is 0.352 e. The number of ether oxygens (including phenoxy) is 1. The molecular formula is C19H18N4O2. The van der Waals surface area contributed by atoms with Crippen LogP contribution in [0, 0.1) is 11.3 Å². The number of benzene rings is 2. The van der Waals surface area contributed by atoms with Crippen molar-refractivity contribution in [1.82, 2.24) is 0 Å². The van der Waals surface area contributed by atoms with Crippen molar-refractivity contribution in [2.24, 2.45) is 10.7 Å². The van der Waals surface area contributed by atoms with E-state index in [1.807, 2.05) is 42.5 Å². The molecule has 0 atom stereocenters. The molecule has 3 N–H and O–H groups in total. The minimum atomic E-state index is -0.756. The van der Waals surface area contributed by atoms with Crippen LogP contribution < -0.4 is 11.1 Å². The summed E-state index contributed by atoms with van der Waals surface area (Å²) in [5.41, 5.74) is 7.13. The van der Waals surface area contributed by atoms with Crippen molar-refractivity contribution < 1.29 is 9.53 Å². The molecule has 2 aromatic carbocycles. The van der Waals surface area contributed by atoms with Crippen LogP contribution in [-0.2, 0) is 9.53 Å². The fourth-order valence-corrected chi connectivity index (χ4v) is 2.00. The van der Waals surface area contributed by atoms with Crippen LogP contribution in [0.25, 0.3) is 0 Å². The quantitative estimate of drug-likeness (QED) is 0.278. The third kappa shape index (κ3) is 4.94. The van der Waals surface area contributed by atoms with Crippen molar-refractivity contribution in [2.45, 2.75) is 6.92 Å². The normalized spacial score (nSPS) is 11.9. The maximum atomic E-state index is 12.1. The summed E-state index contributed by atoms with van der Waals surface area (Å²) < 4.78 is 4.93. The Labute approximate surface area is 146 Å². The number of carbonyl (C=O) groups is 1. The number of para-hydroxylation sites is 1. The maximum Gasteiger partial charge on any atom is 0.352 e. The minimum absolute atomic E-state index is 0.0357. The number of anilines is 1. The lowest BCUT2D eigenvalue weighted by Crippen LogP contribution is -2.18. The summed E-state index contributed by atoms with van der Waals surface area (Å²) in [6, 6.07) is 20.0. The number of nitrogens with one attached hydrogen (secondary N) is 1. The first-order chi connectivity index (χ1) is 12.2. The first-order valence-corrected chi connectivity index (χ1v) is 7.68. The molecule has 25 heavy (non-hydrogen) atoms. The van der Waals surface area contributed by atoms with Crippen molar-refractivity contribution >= 4 is 17.5 Å². The number of nitriles is 1. The highest BCUT2D eigenvalue weighted by atomic mass is 16.5. The van der Waals surface area contributed by atoms with Gasteiger partial charge in [-0.25, -0.2) is 9.79 Å². The van der Waals surface area contributed by atoms with Crippen LogP contribution >= 0.6 is 0 Å². The van der Waals surface area contributed by atoms with Crippen LogP contribution in [0.1, 0.15) is 12.5 Å². The summed E-state index contributed by atoms with van der Waals surface area (Å²) >= 11 is 0. The van der Waals surface area contributed by atoms with E-state index in [-0.39, 0.29) is 23.8 Å². The van der Waals surface area contributed by atoms with Crippen LogP contribution in [0.3, 0.4) is 0 Å². The molecule has 0 bridgehead atoms. The summed E-state index contributed by atoms with van der Waals surface area (Å²) in [6.45, 7) is 1.82. The standard InChI is InChI=1S/C19H18N4O2/c1-2-25-19(24)16(13-20)18(22-15-11-7-4-8-12-15)23-17(21)14-9-5-3-6-10-14/h3-12,22H,2H2,1H3,(H2,21,23). The van der Waals surface area contributed by atoms with Crippen molar-refractivity contribution in [2.75, 3.05) is 11.9 Å². The molecule has 0 heterocycles. The lowest BCUT2D eigenvalue weighted by atomic mass is 10.2. The van der Waals surface area contributed by atoms with Crippen molar-refractivity contribution in [3.63, 3.8) is 0 Å². The van der Waals surface area contributed by atoms with Gasteiger partial charge >= 0.3 is 5.97 Å². The third-order valence-corrected chi connectivity index (χ3v) is 3.17. The molecule has 0 saturated heterocycles. The van der Waals surface area contributed by atoms with Crippen LogP contribution in [0.15, 0.2) is 77.1 Å². The molecule has 0 aliphatic rings. The summed E-state index contributed by atoms with van der Waals surface area (Å²) in [4.78, 5) is 16.3. The van der Waals surface area contributed by atoms with E-state index in [0.29, 0.717) is 11.3 Å². The van der Waals surface area contributed by atoms with Gasteiger partial charge in [0.2, 0.25) is 0 Å². The molecule has 0 fully saturated rings. The molecule has 0 unspecified atom stereocenters. The summed E-state index contributed by atoms with van der Waals surface area (Å²) in [7, 11) is 0. The van der Waals surface area contributed by atoms with Crippen molar-refractivity contribution in [1.29, 1.82) is 5.26 Å². The molecule has 126 valence electrons. The van der Waals surface area contributed by atoms with Gasteiger partial charge < -0.3 is 15.8 Å². The minimum Gasteiger partial charge on any atom is -0.462 e. The Morgan fingerprint density at radius 3 is 2.32 bits per heavy atom. The highest BCUT2D eigenvalue weighted by molar-refractivity contribution is 6.00. The Bertz CT molecular complexity index is 822. The van der Waals surface area contributed by atoms with Gasteiger partial charge in [-0.3, -0.25) is 0 Å². The van der Waals surface area contributed by atoms with E-state index in [2.05, 4.69) is 10.3 Å². The Morgan fingerprint density at radius 2 is 1.76 bits per heavy atom. The van der Waals surface area contributed by atoms with Crippen molar-refractivity contribution in [3.8, 4) is 6.07 Å². The Balaban J connectivity index is 2.48. The predicted octanol–water partition coefficient (Wildman–Crippen LogP) is 2.80. The zero-order valence-electron chi connectivity index (χ0n) is 13.8. The Hall–Kier alpha value is -3.59. The van der Waals surface area contributed by atoms with E-state index in [4.69, 9.17) is 10.5 Å². The van der Waals surface area contributed by atoms with E-state index in [1.165, 1.54) is 0 Å². The third-order valence-electron chi connectivity index (χ3n) is 3.17. The summed E-state index contributed by atoms with van der Waals surface area (Å²) in [6.07, 6.45) is 0. The molecule has 0 amide bonds. The van der Waals surface area contributed by atoms with Gasteiger partial charge in [-0.05, 0) is 19.1 Å². The van der Waals surface area contributed by atoms with Gasteiger partial charge in [0.25, 0.3) is 0 Å². The monoisotopic (exact) mass is 334 g/mol. The lowest BCUT2D eigenvalue weighted by Gasteiger charge is -2.10. The van der Waals surface area contributed by atoms with Gasteiger partial charge in [-0.2, -0.15) is 5.26 Å². The summed E-state index contributed by atoms with van der Waals surface area (Å²) in [5.74, 6) is -0.544. The number of nitrogens with two attached hydrogens (primary N) is 1. The average molecular weight is 334 g/mol. The van der Waals surface area contributed by atoms with E-state index in [0.717, 1.165) is 0 Å². The molecule has 0 spiro atoms. The van der Waals surface area contributed by atoms with E-state index in [9.17, 15) is 10.1 Å². The van der Waals surface area contributed by atoms with Gasteiger partial charge in [0.05, 0.1) is 6.61 Å². The number of nitrogens with zero attached hydrogens (tertiary/aromatic N) is 2. The van der Waals surface area contributed by atoms with E-state index >= 15 is 0 Å². The number of rotatable bonds is 6. The fourth-order valence-electron chi connectivity index (χ4n) is 2.00. The van der Waals surface area contributed by atoms with Gasteiger partial charge in [0.1, 0.15) is 11.9 Å². The lowest BCUT2D eigenvalue weighted by molar-refractivity contribution is -0.138. The molecule has 0 radical (unpaired) electrons. The average Bonchev–Trinajstić information content (AvgIpc) is 2.64. The predicted molar refractivity (Wildman–Crippen MR) is 96.5 cm³/mol. The Morgan fingerprint density at radius 1 is 1.16 bits per heavy atom. The van der Waals surface area contributed by atoms with Crippen LogP contribution in [0.5, 0.6) is 0 Å². The molecule has 0 aromatic heterocycles. The maximum absolute atomic E-state index is 12.1. The zero-order chi connectivity index (χ0) is 18.1. The van der Waals surface area contributed by atoms with E-state index in [1.54, 1.807) is 31.2 Å². The second kappa shape index (κ2) is 8.89. The molecule has 0 aliphatic carbocycles. The van der Waals surface area contributed by atoms with Crippen LogP contribution in [-0.4, -0.2) is 18.4 Å². The number of carbonyl (C=O) groups excluding carboxylic acids is 1. The first kappa shape index (κ1) is 17.8. The second-order valence-electron chi connectivity index (χ2n) is 4.91. The molecule has 0 aliphatic heterocycles. The van der Waals surface area contributed by atoms with Gasteiger partial charge in [0, 0.05) is 11.3 Å².